The van der Waals surface area contributed by atoms with Crippen LogP contribution in [-0.4, -0.2) is 39.5 Å². The predicted octanol–water partition coefficient (Wildman–Crippen LogP) is 6.00. The first kappa shape index (κ1) is 27.3. The Morgan fingerprint density at radius 1 is 1.11 bits per heavy atom. The van der Waals surface area contributed by atoms with E-state index in [1.165, 1.54) is 35.2 Å². The fraction of sp³-hybridized carbons (Fsp3) is 0.440. The topological polar surface area (TPSA) is 92.6 Å². The molecule has 0 aromatic heterocycles. The molecule has 2 aromatic rings. The number of rotatable bonds is 10. The number of benzene rings is 2. The van der Waals surface area contributed by atoms with Crippen molar-refractivity contribution in [1.82, 2.24) is 10.2 Å². The molecule has 1 saturated carbocycles. The second-order valence-corrected chi connectivity index (χ2v) is 10.5. The highest BCUT2D eigenvalue weighted by Crippen LogP contribution is 2.27. The number of hydrogen-bond acceptors (Lipinski definition) is 5. The SMILES string of the molecule is C[C@@H](C(=O)NC1CCCCC1)N(Cc1c(Cl)cccc1Cl)C(=O)CSCc1ccc([N+](=O)[O-])cc1. The van der Waals surface area contributed by atoms with Gasteiger partial charge in [0.15, 0.2) is 0 Å². The molecule has 35 heavy (non-hydrogen) atoms. The molecule has 10 heteroatoms. The van der Waals surface area contributed by atoms with Crippen molar-refractivity contribution in [2.45, 2.75) is 63.4 Å². The lowest BCUT2D eigenvalue weighted by Crippen LogP contribution is -2.50. The fourth-order valence-corrected chi connectivity index (χ4v) is 5.45. The van der Waals surface area contributed by atoms with Crippen molar-refractivity contribution in [2.75, 3.05) is 5.75 Å². The van der Waals surface area contributed by atoms with Crippen LogP contribution >= 0.6 is 35.0 Å². The van der Waals surface area contributed by atoms with Crippen molar-refractivity contribution >= 4 is 52.5 Å². The van der Waals surface area contributed by atoms with Crippen LogP contribution in [0.15, 0.2) is 42.5 Å². The first-order valence-corrected chi connectivity index (χ1v) is 13.5. The molecule has 2 aromatic carbocycles. The number of nitrogens with zero attached hydrogens (tertiary/aromatic N) is 2. The summed E-state index contributed by atoms with van der Waals surface area (Å²) in [5, 5.41) is 14.8. The third kappa shape index (κ3) is 7.85. The average Bonchev–Trinajstić information content (AvgIpc) is 2.84. The zero-order valence-corrected chi connectivity index (χ0v) is 21.9. The summed E-state index contributed by atoms with van der Waals surface area (Å²) >= 11 is 14.1. The number of nitro benzene ring substituents is 1. The highest BCUT2D eigenvalue weighted by molar-refractivity contribution is 7.99. The van der Waals surface area contributed by atoms with E-state index in [4.69, 9.17) is 23.2 Å². The van der Waals surface area contributed by atoms with E-state index in [0.29, 0.717) is 21.4 Å². The van der Waals surface area contributed by atoms with Gasteiger partial charge in [-0.25, -0.2) is 0 Å². The van der Waals surface area contributed by atoms with Crippen LogP contribution in [0.3, 0.4) is 0 Å². The molecule has 188 valence electrons. The maximum atomic E-state index is 13.3. The lowest BCUT2D eigenvalue weighted by Gasteiger charge is -2.31. The third-order valence-corrected chi connectivity index (χ3v) is 7.85. The second-order valence-electron chi connectivity index (χ2n) is 8.66. The van der Waals surface area contributed by atoms with Gasteiger partial charge in [-0.1, -0.05) is 60.7 Å². The van der Waals surface area contributed by atoms with Crippen molar-refractivity contribution < 1.29 is 14.5 Å². The molecule has 7 nitrogen and oxygen atoms in total. The van der Waals surface area contributed by atoms with E-state index in [1.54, 1.807) is 37.3 Å². The van der Waals surface area contributed by atoms with Gasteiger partial charge in [0, 0.05) is 46.1 Å². The molecule has 0 heterocycles. The minimum absolute atomic E-state index is 0.0235. The summed E-state index contributed by atoms with van der Waals surface area (Å²) < 4.78 is 0. The Morgan fingerprint density at radius 2 is 1.74 bits per heavy atom. The molecule has 0 bridgehead atoms. The molecule has 3 rings (SSSR count). The second kappa shape index (κ2) is 13.1. The molecule has 1 fully saturated rings. The Hall–Kier alpha value is -2.29. The lowest BCUT2D eigenvalue weighted by molar-refractivity contribution is -0.384. The normalized spacial score (nSPS) is 14.8. The van der Waals surface area contributed by atoms with Gasteiger partial charge in [-0.05, 0) is 37.5 Å². The van der Waals surface area contributed by atoms with E-state index in [9.17, 15) is 19.7 Å². The first-order chi connectivity index (χ1) is 16.8. The van der Waals surface area contributed by atoms with Gasteiger partial charge in [-0.2, -0.15) is 0 Å². The van der Waals surface area contributed by atoms with Crippen molar-refractivity contribution in [2.24, 2.45) is 0 Å². The minimum Gasteiger partial charge on any atom is -0.352 e. The van der Waals surface area contributed by atoms with Gasteiger partial charge in [-0.3, -0.25) is 19.7 Å². The van der Waals surface area contributed by atoms with E-state index >= 15 is 0 Å². The zero-order valence-electron chi connectivity index (χ0n) is 19.5. The number of nitro groups is 1. The van der Waals surface area contributed by atoms with Gasteiger partial charge >= 0.3 is 0 Å². The Morgan fingerprint density at radius 3 is 2.34 bits per heavy atom. The molecule has 1 N–H and O–H groups in total. The van der Waals surface area contributed by atoms with Gasteiger partial charge in [-0.15, -0.1) is 11.8 Å². The molecular weight excluding hydrogens is 509 g/mol. The third-order valence-electron chi connectivity index (χ3n) is 6.15. The molecule has 1 atom stereocenters. The lowest BCUT2D eigenvalue weighted by atomic mass is 9.95. The molecule has 1 aliphatic carbocycles. The van der Waals surface area contributed by atoms with Crippen LogP contribution in [0.25, 0.3) is 0 Å². The van der Waals surface area contributed by atoms with E-state index in [1.807, 2.05) is 0 Å². The van der Waals surface area contributed by atoms with Crippen LogP contribution in [0.2, 0.25) is 10.0 Å². The summed E-state index contributed by atoms with van der Waals surface area (Å²) in [7, 11) is 0. The number of amides is 2. The van der Waals surface area contributed by atoms with E-state index < -0.39 is 11.0 Å². The number of thioether (sulfide) groups is 1. The maximum absolute atomic E-state index is 13.3. The molecule has 0 aliphatic heterocycles. The molecule has 2 amide bonds. The van der Waals surface area contributed by atoms with Gasteiger partial charge in [0.25, 0.3) is 5.69 Å². The Labute approximate surface area is 219 Å². The Balaban J connectivity index is 1.68. The Bertz CT molecular complexity index is 1030. The highest BCUT2D eigenvalue weighted by atomic mass is 35.5. The van der Waals surface area contributed by atoms with Gasteiger partial charge < -0.3 is 10.2 Å². The summed E-state index contributed by atoms with van der Waals surface area (Å²) in [5.41, 5.74) is 1.49. The van der Waals surface area contributed by atoms with Crippen LogP contribution in [0.1, 0.15) is 50.2 Å². The minimum atomic E-state index is -0.697. The standard InChI is InChI=1S/C25H29Cl2N3O4S/c1-17(25(32)28-19-6-3-2-4-7-19)29(14-21-22(26)8-5-9-23(21)27)24(31)16-35-15-18-10-12-20(13-11-18)30(33)34/h5,8-13,17,19H,2-4,6-7,14-16H2,1H3,(H,28,32)/t17-/m0/s1. The van der Waals surface area contributed by atoms with Crippen LogP contribution in [0, 0.1) is 10.1 Å². The summed E-state index contributed by atoms with van der Waals surface area (Å²) in [5.74, 6) is 0.251. The van der Waals surface area contributed by atoms with Crippen molar-refractivity contribution in [3.63, 3.8) is 0 Å². The number of non-ortho nitro benzene ring substituents is 1. The van der Waals surface area contributed by atoms with Gasteiger partial charge in [0.05, 0.1) is 10.7 Å². The molecular formula is C25H29Cl2N3O4S. The zero-order chi connectivity index (χ0) is 25.4. The number of nitrogens with one attached hydrogen (secondary N) is 1. The molecule has 1 aliphatic rings. The van der Waals surface area contributed by atoms with Gasteiger partial charge in [0.2, 0.25) is 11.8 Å². The van der Waals surface area contributed by atoms with E-state index in [0.717, 1.165) is 31.2 Å². The maximum Gasteiger partial charge on any atom is 0.269 e. The summed E-state index contributed by atoms with van der Waals surface area (Å²) in [6, 6.07) is 10.8. The van der Waals surface area contributed by atoms with Crippen LogP contribution < -0.4 is 5.32 Å². The molecule has 0 saturated heterocycles. The van der Waals surface area contributed by atoms with Crippen molar-refractivity contribution in [1.29, 1.82) is 0 Å². The van der Waals surface area contributed by atoms with Crippen LogP contribution in [0.5, 0.6) is 0 Å². The van der Waals surface area contributed by atoms with Crippen molar-refractivity contribution in [3.05, 3.63) is 73.8 Å². The van der Waals surface area contributed by atoms with E-state index in [2.05, 4.69) is 5.32 Å². The molecule has 0 radical (unpaired) electrons. The van der Waals surface area contributed by atoms with Crippen LogP contribution in [-0.2, 0) is 21.9 Å². The monoisotopic (exact) mass is 537 g/mol. The van der Waals surface area contributed by atoms with Crippen LogP contribution in [0.4, 0.5) is 5.69 Å². The fourth-order valence-electron chi connectivity index (χ4n) is 4.06. The largest absolute Gasteiger partial charge is 0.352 e. The molecule has 0 unspecified atom stereocenters. The Kier molecular flexibility index (Phi) is 10.2. The average molecular weight is 538 g/mol. The smallest absolute Gasteiger partial charge is 0.269 e. The first-order valence-electron chi connectivity index (χ1n) is 11.6. The number of carbonyl (C=O) groups excluding carboxylic acids is 2. The number of hydrogen-bond donors (Lipinski definition) is 1. The number of carbonyl (C=O) groups is 2. The quantitative estimate of drug-likeness (QED) is 0.296. The van der Waals surface area contributed by atoms with Crippen molar-refractivity contribution in [3.8, 4) is 0 Å². The summed E-state index contributed by atoms with van der Waals surface area (Å²) in [6.45, 7) is 1.84. The van der Waals surface area contributed by atoms with Gasteiger partial charge in [0.1, 0.15) is 6.04 Å². The predicted molar refractivity (Wildman–Crippen MR) is 141 cm³/mol. The number of halogens is 2. The highest BCUT2D eigenvalue weighted by Gasteiger charge is 2.29. The summed E-state index contributed by atoms with van der Waals surface area (Å²) in [6.07, 6.45) is 5.28. The summed E-state index contributed by atoms with van der Waals surface area (Å²) in [4.78, 5) is 38.3. The molecule has 0 spiro atoms. The van der Waals surface area contributed by atoms with E-state index in [-0.39, 0.29) is 35.8 Å².